The molecule has 0 unspecified atom stereocenters. The van der Waals surface area contributed by atoms with E-state index in [0.29, 0.717) is 137 Å². The number of hydrogen-bond acceptors (Lipinski definition) is 17. The van der Waals surface area contributed by atoms with E-state index in [9.17, 15) is 52.7 Å². The number of aliphatic carboxylic acids is 1. The lowest BCUT2D eigenvalue weighted by atomic mass is 9.95. The van der Waals surface area contributed by atoms with Gasteiger partial charge in [0, 0.05) is 139 Å². The summed E-state index contributed by atoms with van der Waals surface area (Å²) >= 11 is 0. The summed E-state index contributed by atoms with van der Waals surface area (Å²) in [7, 11) is 4.65. The number of carboxylic acid groups (broad SMARTS) is 2. The number of fused-ring (bicyclic) bond motifs is 2. The summed E-state index contributed by atoms with van der Waals surface area (Å²) in [5.41, 5.74) is 12.6. The van der Waals surface area contributed by atoms with Crippen LogP contribution in [0.25, 0.3) is 0 Å². The van der Waals surface area contributed by atoms with Crippen LogP contribution in [0.4, 0.5) is 20.1 Å². The minimum absolute atomic E-state index is 0.0373. The van der Waals surface area contributed by atoms with Crippen molar-refractivity contribution in [1.29, 1.82) is 0 Å². The average Bonchev–Trinajstić information content (AvgIpc) is 1.64. The molecule has 0 spiro atoms. The van der Waals surface area contributed by atoms with Crippen LogP contribution in [-0.2, 0) is 88.6 Å². The molecule has 2 N–H and O–H groups in total. The lowest BCUT2D eigenvalue weighted by Gasteiger charge is -2.35. The number of ether oxygens (including phenoxy) is 5. The van der Waals surface area contributed by atoms with Gasteiger partial charge in [0.15, 0.2) is 0 Å². The Kier molecular flexibility index (Phi) is 34.0. The zero-order valence-corrected chi connectivity index (χ0v) is 77.7. The molecule has 1 aromatic heterocycles. The van der Waals surface area contributed by atoms with Crippen molar-refractivity contribution in [3.05, 3.63) is 187 Å². The third kappa shape index (κ3) is 29.5. The van der Waals surface area contributed by atoms with Crippen LogP contribution in [0.2, 0.25) is 0 Å². The number of nitrogens with zero attached hydrogens (tertiary/aromatic N) is 9. The van der Waals surface area contributed by atoms with Crippen LogP contribution >= 0.6 is 0 Å². The quantitative estimate of drug-likeness (QED) is 0.0397. The first-order chi connectivity index (χ1) is 60.1. The number of benzene rings is 5. The Morgan fingerprint density at radius 1 is 0.417 bits per heavy atom. The minimum Gasteiger partial charge on any atom is -0.481 e. The van der Waals surface area contributed by atoms with Gasteiger partial charge in [0.25, 0.3) is 5.91 Å². The molecular formula is C100H135N9O18. The number of anilines is 1. The van der Waals surface area contributed by atoms with Crippen molar-refractivity contribution in [3.63, 3.8) is 0 Å². The molecule has 7 amide bonds. The number of rotatable bonds is 25. The summed E-state index contributed by atoms with van der Waals surface area (Å²) in [6.07, 6.45) is 17.4. The molecule has 688 valence electrons. The molecule has 13 rings (SSSR count). The number of methoxy groups -OCH3 is 2. The molecule has 5 heterocycles. The molecule has 0 bridgehead atoms. The van der Waals surface area contributed by atoms with Crippen LogP contribution in [0, 0.1) is 45.4 Å². The van der Waals surface area contributed by atoms with E-state index in [0.717, 1.165) is 177 Å². The number of carbonyl (C=O) groups is 11. The standard InChI is InChI=1S/C37H47N5O4.C26H38N2O5.C25H36N2O5.C12H14O4/c1-25-20-29(35(44)42-24-30-22-38-39(5)33(30)21-28-8-6-7-9-32(28)42)11-10-27(25)12-15-34(43)40-18-16-26(17-19-40)23-41(31-13-14-31)36(45)46-37(2,3)4;1-18-16-21(24(30)32-5)7-6-20(18)8-11-23(29)27-14-12-19(13-15-27)17-28(22-9-10-22)25(31)33-26(2,3)4;1-17-15-20(23(29)30)6-5-19(17)7-10-22(28)26-13-11-18(12-14-26)16-27(21-8-9-21)24(31)32-25(2,3)4;1-8-7-10(12(15)16-2)4-3-9(8)5-6-11(13)14/h6-11,20,22,26,31H,12-19,21,23-24H2,1-5H3;6-7,16,19,22H,8-15,17H2,1-5H3;5-6,15,18,21H,7-14,16H2,1-4H3,(H,29,30);3-4,7H,5-6H2,1-2H3,(H,13,14). The SMILES string of the molecule is COC(=O)c1ccc(CCC(=O)N2CCC(CN(C(=O)OC(C)(C)C)C3CC3)CC2)c(C)c1.COC(=O)c1ccc(CCC(=O)O)c(C)c1.Cc1cc(C(=O)N2Cc3cnn(C)c3Cc3ccccc32)ccc1CCC(=O)N1CCC(CN(C(=O)OC(C)(C)C)C2CC2)CC1.Cc1cc(C(=O)O)ccc1CCC(=O)N1CCC(CN(C(=O)OC(C)(C)C)C2CC2)CC1. The Labute approximate surface area is 749 Å². The van der Waals surface area contributed by atoms with Crippen LogP contribution in [0.5, 0.6) is 0 Å². The third-order valence-corrected chi connectivity index (χ3v) is 24.6. The van der Waals surface area contributed by atoms with Crippen LogP contribution in [-0.4, -0.2) is 223 Å². The van der Waals surface area contributed by atoms with Gasteiger partial charge >= 0.3 is 42.2 Å². The highest BCUT2D eigenvalue weighted by atomic mass is 16.6. The number of esters is 2. The Morgan fingerprint density at radius 2 is 0.740 bits per heavy atom. The number of aromatic nitrogens is 2. The summed E-state index contributed by atoms with van der Waals surface area (Å²) in [6.45, 7) is 31.7. The maximum Gasteiger partial charge on any atom is 0.410 e. The van der Waals surface area contributed by atoms with Gasteiger partial charge in [-0.25, -0.2) is 28.8 Å². The summed E-state index contributed by atoms with van der Waals surface area (Å²) in [4.78, 5) is 148. The normalized spacial score (nSPS) is 16.1. The fourth-order valence-corrected chi connectivity index (χ4v) is 16.8. The van der Waals surface area contributed by atoms with Gasteiger partial charge in [-0.05, 0) is 315 Å². The summed E-state index contributed by atoms with van der Waals surface area (Å²) < 4.78 is 28.1. The van der Waals surface area contributed by atoms with Gasteiger partial charge in [0.05, 0.1) is 43.7 Å². The highest BCUT2D eigenvalue weighted by molar-refractivity contribution is 6.07. The molecule has 4 aliphatic heterocycles. The number of aryl methyl sites for hydroxylation is 9. The van der Waals surface area contributed by atoms with Gasteiger partial charge in [-0.2, -0.15) is 5.10 Å². The number of para-hydroxylation sites is 1. The van der Waals surface area contributed by atoms with Crippen LogP contribution in [0.3, 0.4) is 0 Å². The van der Waals surface area contributed by atoms with Crippen molar-refractivity contribution in [2.24, 2.45) is 24.8 Å². The van der Waals surface area contributed by atoms with E-state index in [4.69, 9.17) is 29.2 Å². The van der Waals surface area contributed by atoms with E-state index in [1.165, 1.54) is 14.2 Å². The first-order valence-corrected chi connectivity index (χ1v) is 45.3. The van der Waals surface area contributed by atoms with Crippen LogP contribution in [0.1, 0.15) is 268 Å². The maximum absolute atomic E-state index is 13.9. The smallest absolute Gasteiger partial charge is 0.410 e. The lowest BCUT2D eigenvalue weighted by Crippen LogP contribution is -2.45. The minimum atomic E-state index is -0.939. The van der Waals surface area contributed by atoms with E-state index >= 15 is 0 Å². The lowest BCUT2D eigenvalue weighted by molar-refractivity contribution is -0.137. The molecule has 3 saturated carbocycles. The molecule has 27 heteroatoms. The second kappa shape index (κ2) is 44.1. The predicted octanol–water partition coefficient (Wildman–Crippen LogP) is 16.5. The van der Waals surface area contributed by atoms with E-state index in [1.54, 1.807) is 42.5 Å². The van der Waals surface area contributed by atoms with Gasteiger partial charge in [-0.1, -0.05) is 42.5 Å². The second-order valence-electron chi connectivity index (χ2n) is 38.2. The number of carboxylic acids is 2. The van der Waals surface area contributed by atoms with E-state index in [-0.39, 0.29) is 65.8 Å². The van der Waals surface area contributed by atoms with Gasteiger partial charge in [-0.15, -0.1) is 0 Å². The fraction of sp³-hybridized carbons (Fsp3) is 0.560. The number of amides is 7. The molecule has 5 aromatic carbocycles. The molecule has 7 aliphatic rings. The van der Waals surface area contributed by atoms with Crippen molar-refractivity contribution < 1.29 is 86.6 Å². The number of piperidine rings is 3. The molecule has 127 heavy (non-hydrogen) atoms. The van der Waals surface area contributed by atoms with E-state index < -0.39 is 28.7 Å². The van der Waals surface area contributed by atoms with Crippen molar-refractivity contribution >= 4 is 71.5 Å². The number of carbonyl (C=O) groups excluding carboxylic acids is 9. The monoisotopic (exact) mass is 1750 g/mol. The maximum atomic E-state index is 13.9. The first kappa shape index (κ1) is 98.1. The zero-order chi connectivity index (χ0) is 92.4. The Morgan fingerprint density at radius 3 is 1.06 bits per heavy atom. The summed E-state index contributed by atoms with van der Waals surface area (Å²) in [5.74, 6) is -0.904. The van der Waals surface area contributed by atoms with Crippen LogP contribution in [0.15, 0.2) is 103 Å². The third-order valence-electron chi connectivity index (χ3n) is 24.6. The molecule has 6 fully saturated rings. The van der Waals surface area contributed by atoms with Crippen molar-refractivity contribution in [3.8, 4) is 0 Å². The van der Waals surface area contributed by atoms with Crippen molar-refractivity contribution in [2.45, 2.75) is 266 Å². The Bertz CT molecular complexity index is 4880. The first-order valence-electron chi connectivity index (χ1n) is 45.3. The Hall–Kier alpha value is -11.1. The van der Waals surface area contributed by atoms with Gasteiger partial charge < -0.3 is 68.2 Å². The molecule has 0 atom stereocenters. The topological polar surface area (TPSA) is 315 Å². The van der Waals surface area contributed by atoms with Crippen molar-refractivity contribution in [1.82, 2.24) is 39.2 Å². The predicted molar refractivity (Wildman–Crippen MR) is 484 cm³/mol. The number of aromatic carboxylic acids is 1. The van der Waals surface area contributed by atoms with Crippen LogP contribution < -0.4 is 4.90 Å². The molecule has 27 nitrogen and oxygen atoms in total. The van der Waals surface area contributed by atoms with Gasteiger partial charge in [0.2, 0.25) is 17.7 Å². The molecular weight excluding hydrogens is 1620 g/mol. The largest absolute Gasteiger partial charge is 0.481 e. The Balaban J connectivity index is 0.000000186. The van der Waals surface area contributed by atoms with E-state index in [2.05, 4.69) is 15.9 Å². The highest BCUT2D eigenvalue weighted by Crippen LogP contribution is 2.37. The second-order valence-corrected chi connectivity index (χ2v) is 38.2. The average molecular weight is 1750 g/mol. The van der Waals surface area contributed by atoms with Gasteiger partial charge in [0.1, 0.15) is 16.8 Å². The van der Waals surface area contributed by atoms with Crippen molar-refractivity contribution in [2.75, 3.05) is 78.0 Å². The highest BCUT2D eigenvalue weighted by Gasteiger charge is 2.41. The molecule has 0 radical (unpaired) electrons. The number of likely N-dealkylation sites (tertiary alicyclic amines) is 3. The zero-order valence-electron chi connectivity index (χ0n) is 77.7. The number of hydrogen-bond donors (Lipinski definition) is 2. The van der Waals surface area contributed by atoms with E-state index in [1.807, 2.05) is 191 Å². The molecule has 3 saturated heterocycles. The summed E-state index contributed by atoms with van der Waals surface area (Å²) in [5, 5.41) is 22.1. The van der Waals surface area contributed by atoms with Gasteiger partial charge in [-0.3, -0.25) is 28.7 Å². The molecule has 6 aromatic rings. The fourth-order valence-electron chi connectivity index (χ4n) is 16.8. The summed E-state index contributed by atoms with van der Waals surface area (Å²) in [6, 6.07) is 30.5. The molecule has 3 aliphatic carbocycles.